The van der Waals surface area contributed by atoms with Crippen LogP contribution >= 0.6 is 0 Å². The fourth-order valence-corrected chi connectivity index (χ4v) is 1.69. The number of fused-ring (bicyclic) bond motifs is 1. The van der Waals surface area contributed by atoms with E-state index >= 15 is 0 Å². The monoisotopic (exact) mass is 241 g/mol. The summed E-state index contributed by atoms with van der Waals surface area (Å²) in [5.74, 6) is 1.32. The molecule has 3 rings (SSSR count). The first-order valence-corrected chi connectivity index (χ1v) is 5.55. The Labute approximate surface area is 103 Å². The van der Waals surface area contributed by atoms with Crippen LogP contribution in [-0.2, 0) is 6.54 Å². The van der Waals surface area contributed by atoms with Crippen molar-refractivity contribution in [2.75, 3.05) is 5.32 Å². The summed E-state index contributed by atoms with van der Waals surface area (Å²) in [4.78, 5) is 12.9. The van der Waals surface area contributed by atoms with E-state index in [2.05, 4.69) is 29.9 Å². The molecule has 1 N–H and O–H groups in total. The van der Waals surface area contributed by atoms with Gasteiger partial charge in [0.05, 0.1) is 23.3 Å². The summed E-state index contributed by atoms with van der Waals surface area (Å²) in [6.07, 6.45) is 1.30. The van der Waals surface area contributed by atoms with Crippen molar-refractivity contribution in [1.29, 1.82) is 0 Å². The van der Waals surface area contributed by atoms with Gasteiger partial charge in [-0.1, -0.05) is 17.3 Å². The van der Waals surface area contributed by atoms with Crippen LogP contribution < -0.4 is 5.32 Å². The van der Waals surface area contributed by atoms with Gasteiger partial charge in [0.1, 0.15) is 5.82 Å². The van der Waals surface area contributed by atoms with Crippen LogP contribution in [0.25, 0.3) is 11.0 Å². The molecule has 0 spiro atoms. The number of nitrogens with zero attached hydrogens (tertiary/aromatic N) is 4. The lowest BCUT2D eigenvalue weighted by Crippen LogP contribution is -2.06. The molecule has 0 aliphatic carbocycles. The highest BCUT2D eigenvalue weighted by Crippen LogP contribution is 2.16. The zero-order valence-electron chi connectivity index (χ0n) is 9.79. The Morgan fingerprint density at radius 1 is 1.17 bits per heavy atom. The molecule has 0 bridgehead atoms. The summed E-state index contributed by atoms with van der Waals surface area (Å²) in [5.41, 5.74) is 2.59. The summed E-state index contributed by atoms with van der Waals surface area (Å²) in [6.45, 7) is 2.38. The van der Waals surface area contributed by atoms with Crippen LogP contribution in [0.1, 0.15) is 11.5 Å². The van der Waals surface area contributed by atoms with Crippen LogP contribution in [0.15, 0.2) is 35.2 Å². The first-order valence-electron chi connectivity index (χ1n) is 5.55. The van der Waals surface area contributed by atoms with Crippen molar-refractivity contribution in [2.24, 2.45) is 0 Å². The van der Waals surface area contributed by atoms with Crippen molar-refractivity contribution >= 4 is 16.9 Å². The molecule has 0 fully saturated rings. The van der Waals surface area contributed by atoms with Crippen molar-refractivity contribution in [1.82, 2.24) is 20.1 Å². The Bertz CT molecular complexity index is 665. The molecule has 2 heterocycles. The van der Waals surface area contributed by atoms with Crippen LogP contribution in [0, 0.1) is 6.92 Å². The second-order valence-electron chi connectivity index (χ2n) is 3.85. The van der Waals surface area contributed by atoms with Gasteiger partial charge in [0.15, 0.2) is 5.82 Å². The molecule has 3 aromatic rings. The Hall–Kier alpha value is -2.50. The van der Waals surface area contributed by atoms with E-state index < -0.39 is 0 Å². The van der Waals surface area contributed by atoms with Gasteiger partial charge in [0, 0.05) is 0 Å². The first-order chi connectivity index (χ1) is 8.83. The highest BCUT2D eigenvalue weighted by atomic mass is 16.5. The summed E-state index contributed by atoms with van der Waals surface area (Å²) in [5, 5.41) is 6.88. The third-order valence-corrected chi connectivity index (χ3v) is 2.57. The predicted molar refractivity (Wildman–Crippen MR) is 65.9 cm³/mol. The number of aromatic nitrogens is 4. The molecule has 0 saturated carbocycles. The number of hydrogen-bond acceptors (Lipinski definition) is 6. The van der Waals surface area contributed by atoms with E-state index in [1.807, 2.05) is 31.2 Å². The molecular weight excluding hydrogens is 230 g/mol. The topological polar surface area (TPSA) is 76.7 Å². The lowest BCUT2D eigenvalue weighted by atomic mass is 10.3. The molecule has 2 aromatic heterocycles. The van der Waals surface area contributed by atoms with Crippen LogP contribution in [0.3, 0.4) is 0 Å². The maximum Gasteiger partial charge on any atom is 0.213 e. The minimum Gasteiger partial charge on any atom is -0.361 e. The summed E-state index contributed by atoms with van der Waals surface area (Å²) < 4.78 is 4.67. The van der Waals surface area contributed by atoms with Gasteiger partial charge >= 0.3 is 0 Å². The SMILES string of the molecule is Cc1nc2ccccc2nc1NCc1ncon1. The maximum atomic E-state index is 4.67. The third kappa shape index (κ3) is 2.00. The molecule has 0 saturated heterocycles. The molecule has 0 aliphatic heterocycles. The van der Waals surface area contributed by atoms with Crippen molar-refractivity contribution in [3.63, 3.8) is 0 Å². The molecule has 18 heavy (non-hydrogen) atoms. The highest BCUT2D eigenvalue weighted by Gasteiger charge is 2.05. The molecule has 0 aliphatic rings. The van der Waals surface area contributed by atoms with E-state index in [4.69, 9.17) is 0 Å². The number of anilines is 1. The fraction of sp³-hybridized carbons (Fsp3) is 0.167. The largest absolute Gasteiger partial charge is 0.361 e. The van der Waals surface area contributed by atoms with Crippen LogP contribution in [0.5, 0.6) is 0 Å². The van der Waals surface area contributed by atoms with Gasteiger partial charge in [-0.2, -0.15) is 4.98 Å². The average Bonchev–Trinajstić information content (AvgIpc) is 2.89. The molecule has 0 unspecified atom stereocenters. The van der Waals surface area contributed by atoms with Gasteiger partial charge in [-0.05, 0) is 19.1 Å². The fourth-order valence-electron chi connectivity index (χ4n) is 1.69. The van der Waals surface area contributed by atoms with Crippen molar-refractivity contribution in [3.8, 4) is 0 Å². The lowest BCUT2D eigenvalue weighted by Gasteiger charge is -2.07. The second kappa shape index (κ2) is 4.40. The minimum absolute atomic E-state index is 0.463. The number of benzene rings is 1. The predicted octanol–water partition coefficient (Wildman–Crippen LogP) is 1.93. The number of rotatable bonds is 3. The lowest BCUT2D eigenvalue weighted by molar-refractivity contribution is 0.411. The molecule has 90 valence electrons. The quantitative estimate of drug-likeness (QED) is 0.755. The van der Waals surface area contributed by atoms with E-state index in [9.17, 15) is 0 Å². The molecular formula is C12H11N5O. The molecule has 6 heteroatoms. The molecule has 0 atom stereocenters. The number of aryl methyl sites for hydroxylation is 1. The summed E-state index contributed by atoms with van der Waals surface area (Å²) in [7, 11) is 0. The maximum absolute atomic E-state index is 4.67. The standard InChI is InChI=1S/C12H11N5O/c1-8-12(13-6-11-14-7-18-17-11)16-10-5-3-2-4-9(10)15-8/h2-5,7H,6H2,1H3,(H,13,16). The molecule has 0 amide bonds. The Kier molecular flexibility index (Phi) is 2.60. The minimum atomic E-state index is 0.463. The Morgan fingerprint density at radius 3 is 2.67 bits per heavy atom. The first kappa shape index (κ1) is 10.6. The summed E-state index contributed by atoms with van der Waals surface area (Å²) >= 11 is 0. The van der Waals surface area contributed by atoms with Crippen molar-refractivity contribution in [2.45, 2.75) is 13.5 Å². The second-order valence-corrected chi connectivity index (χ2v) is 3.85. The highest BCUT2D eigenvalue weighted by molar-refractivity contribution is 5.76. The zero-order valence-corrected chi connectivity index (χ0v) is 9.79. The van der Waals surface area contributed by atoms with E-state index in [0.29, 0.717) is 12.4 Å². The zero-order chi connectivity index (χ0) is 12.4. The molecule has 6 nitrogen and oxygen atoms in total. The smallest absolute Gasteiger partial charge is 0.213 e. The van der Waals surface area contributed by atoms with Crippen LogP contribution in [-0.4, -0.2) is 20.1 Å². The Balaban J connectivity index is 1.89. The van der Waals surface area contributed by atoms with E-state index in [1.165, 1.54) is 6.39 Å². The van der Waals surface area contributed by atoms with E-state index in [-0.39, 0.29) is 0 Å². The normalized spacial score (nSPS) is 10.7. The van der Waals surface area contributed by atoms with E-state index in [0.717, 1.165) is 22.5 Å². The number of para-hydroxylation sites is 2. The molecule has 0 radical (unpaired) electrons. The van der Waals surface area contributed by atoms with Crippen molar-refractivity contribution in [3.05, 3.63) is 42.2 Å². The van der Waals surface area contributed by atoms with Gasteiger partial charge < -0.3 is 9.84 Å². The van der Waals surface area contributed by atoms with Gasteiger partial charge in [-0.3, -0.25) is 0 Å². The summed E-state index contributed by atoms with van der Waals surface area (Å²) in [6, 6.07) is 7.76. The van der Waals surface area contributed by atoms with E-state index in [1.54, 1.807) is 0 Å². The number of hydrogen-bond donors (Lipinski definition) is 1. The van der Waals surface area contributed by atoms with Crippen molar-refractivity contribution < 1.29 is 4.52 Å². The van der Waals surface area contributed by atoms with Gasteiger partial charge in [-0.15, -0.1) is 0 Å². The van der Waals surface area contributed by atoms with Gasteiger partial charge in [-0.25, -0.2) is 9.97 Å². The molecule has 1 aromatic carbocycles. The Morgan fingerprint density at radius 2 is 1.94 bits per heavy atom. The van der Waals surface area contributed by atoms with Gasteiger partial charge in [0.25, 0.3) is 0 Å². The van der Waals surface area contributed by atoms with Gasteiger partial charge in [0.2, 0.25) is 6.39 Å². The average molecular weight is 241 g/mol. The number of nitrogens with one attached hydrogen (secondary N) is 1. The third-order valence-electron chi connectivity index (χ3n) is 2.57. The van der Waals surface area contributed by atoms with Crippen LogP contribution in [0.4, 0.5) is 5.82 Å². The van der Waals surface area contributed by atoms with Crippen LogP contribution in [0.2, 0.25) is 0 Å².